The van der Waals surface area contributed by atoms with Crippen LogP contribution in [0.1, 0.15) is 12.8 Å². The van der Waals surface area contributed by atoms with E-state index in [1.165, 1.54) is 0 Å². The molecule has 1 saturated heterocycles. The van der Waals surface area contributed by atoms with Gasteiger partial charge in [-0.15, -0.1) is 0 Å². The third-order valence-electron chi connectivity index (χ3n) is 2.42. The lowest BCUT2D eigenvalue weighted by Crippen LogP contribution is -2.43. The van der Waals surface area contributed by atoms with Gasteiger partial charge in [-0.05, 0) is 25.9 Å². The lowest BCUT2D eigenvalue weighted by Gasteiger charge is -2.19. The molecule has 1 atom stereocenters. The molecule has 0 bridgehead atoms. The zero-order valence-electron chi connectivity index (χ0n) is 8.76. The Bertz CT molecular complexity index is 239. The van der Waals surface area contributed by atoms with Gasteiger partial charge in [0.15, 0.2) is 0 Å². The van der Waals surface area contributed by atoms with E-state index < -0.39 is 18.2 Å². The monoisotopic (exact) mass is 240 g/mol. The molecule has 0 aromatic heterocycles. The van der Waals surface area contributed by atoms with Crippen molar-refractivity contribution in [3.8, 4) is 0 Å². The highest BCUT2D eigenvalue weighted by Gasteiger charge is 2.38. The molecule has 0 aromatic rings. The van der Waals surface area contributed by atoms with Crippen molar-refractivity contribution in [2.45, 2.75) is 25.1 Å². The molecule has 1 amide bonds. The maximum Gasteiger partial charge on any atom is 0.471 e. The summed E-state index contributed by atoms with van der Waals surface area (Å²) in [5.41, 5.74) is 0. The summed E-state index contributed by atoms with van der Waals surface area (Å²) in [4.78, 5) is 12.4. The van der Waals surface area contributed by atoms with Gasteiger partial charge in [0.1, 0.15) is 0 Å². The summed E-state index contributed by atoms with van der Waals surface area (Å²) in [7, 11) is 0. The van der Waals surface area contributed by atoms with Crippen LogP contribution in [0.2, 0.25) is 0 Å². The predicted molar refractivity (Wildman–Crippen MR) is 50.7 cm³/mol. The number of aliphatic hydroxyl groups excluding tert-OH is 1. The summed E-state index contributed by atoms with van der Waals surface area (Å²) >= 11 is 0. The fraction of sp³-hybridized carbons (Fsp3) is 0.889. The van der Waals surface area contributed by atoms with Gasteiger partial charge in [0.05, 0.1) is 6.10 Å². The highest BCUT2D eigenvalue weighted by molar-refractivity contribution is 5.81. The van der Waals surface area contributed by atoms with Crippen molar-refractivity contribution in [2.75, 3.05) is 26.2 Å². The zero-order valence-corrected chi connectivity index (χ0v) is 8.76. The average Bonchev–Trinajstić information content (AvgIpc) is 2.65. The van der Waals surface area contributed by atoms with Crippen LogP contribution < -0.4 is 5.32 Å². The SMILES string of the molecule is O=C(NC[C@@H](O)CN1CCCC1)C(F)(F)F. The molecule has 0 unspecified atom stereocenters. The number of halogens is 3. The van der Waals surface area contributed by atoms with Gasteiger partial charge >= 0.3 is 12.1 Å². The minimum Gasteiger partial charge on any atom is -0.390 e. The van der Waals surface area contributed by atoms with Crippen molar-refractivity contribution in [3.63, 3.8) is 0 Å². The zero-order chi connectivity index (χ0) is 12.2. The second-order valence-electron chi connectivity index (χ2n) is 3.87. The molecule has 4 nitrogen and oxygen atoms in total. The van der Waals surface area contributed by atoms with E-state index in [1.807, 2.05) is 4.90 Å². The molecule has 7 heteroatoms. The van der Waals surface area contributed by atoms with E-state index in [9.17, 15) is 23.1 Å². The van der Waals surface area contributed by atoms with Crippen molar-refractivity contribution in [3.05, 3.63) is 0 Å². The largest absolute Gasteiger partial charge is 0.471 e. The number of likely N-dealkylation sites (tertiary alicyclic amines) is 1. The van der Waals surface area contributed by atoms with Crippen LogP contribution in [-0.2, 0) is 4.79 Å². The van der Waals surface area contributed by atoms with Crippen molar-refractivity contribution in [1.29, 1.82) is 0 Å². The van der Waals surface area contributed by atoms with E-state index in [0.717, 1.165) is 25.9 Å². The molecule has 0 saturated carbocycles. The molecule has 0 radical (unpaired) electrons. The van der Waals surface area contributed by atoms with Gasteiger partial charge < -0.3 is 15.3 Å². The van der Waals surface area contributed by atoms with Crippen molar-refractivity contribution in [2.24, 2.45) is 0 Å². The molecular weight excluding hydrogens is 225 g/mol. The molecule has 0 aliphatic carbocycles. The standard InChI is InChI=1S/C9H15F3N2O2/c10-9(11,12)8(16)13-5-7(15)6-14-3-1-2-4-14/h7,15H,1-6H2,(H,13,16)/t7-/m1/s1. The summed E-state index contributed by atoms with van der Waals surface area (Å²) in [6, 6.07) is 0. The maximum absolute atomic E-state index is 11.8. The number of nitrogens with zero attached hydrogens (tertiary/aromatic N) is 1. The minimum absolute atomic E-state index is 0.304. The van der Waals surface area contributed by atoms with Gasteiger partial charge in [-0.25, -0.2) is 0 Å². The van der Waals surface area contributed by atoms with Crippen LogP contribution in [0.4, 0.5) is 13.2 Å². The van der Waals surface area contributed by atoms with E-state index in [-0.39, 0.29) is 6.54 Å². The van der Waals surface area contributed by atoms with Crippen LogP contribution in [0.15, 0.2) is 0 Å². The van der Waals surface area contributed by atoms with Crippen LogP contribution >= 0.6 is 0 Å². The Labute approximate surface area is 91.4 Å². The van der Waals surface area contributed by atoms with Crippen molar-refractivity contribution in [1.82, 2.24) is 10.2 Å². The Morgan fingerprint density at radius 1 is 1.38 bits per heavy atom. The molecule has 1 heterocycles. The quantitative estimate of drug-likeness (QED) is 0.734. The number of carbonyl (C=O) groups is 1. The Kier molecular flexibility index (Phi) is 4.55. The van der Waals surface area contributed by atoms with Crippen LogP contribution in [0.5, 0.6) is 0 Å². The van der Waals surface area contributed by atoms with Crippen LogP contribution in [0.3, 0.4) is 0 Å². The third kappa shape index (κ3) is 4.36. The van der Waals surface area contributed by atoms with Gasteiger partial charge in [0.25, 0.3) is 0 Å². The Morgan fingerprint density at radius 3 is 2.44 bits per heavy atom. The summed E-state index contributed by atoms with van der Waals surface area (Å²) in [6.45, 7) is 1.64. The van der Waals surface area contributed by atoms with Gasteiger partial charge in [-0.2, -0.15) is 13.2 Å². The molecule has 16 heavy (non-hydrogen) atoms. The van der Waals surface area contributed by atoms with Gasteiger partial charge in [-0.3, -0.25) is 4.79 Å². The van der Waals surface area contributed by atoms with Crippen LogP contribution in [-0.4, -0.2) is 54.4 Å². The summed E-state index contributed by atoms with van der Waals surface area (Å²) in [5.74, 6) is -2.01. The van der Waals surface area contributed by atoms with Crippen LogP contribution in [0, 0.1) is 0 Å². The number of amides is 1. The lowest BCUT2D eigenvalue weighted by atomic mass is 10.3. The molecule has 0 aromatic carbocycles. The summed E-state index contributed by atoms with van der Waals surface area (Å²) in [5, 5.41) is 11.1. The number of hydrogen-bond acceptors (Lipinski definition) is 3. The normalized spacial score (nSPS) is 19.8. The average molecular weight is 240 g/mol. The van der Waals surface area contributed by atoms with Gasteiger partial charge in [0.2, 0.25) is 0 Å². The highest BCUT2D eigenvalue weighted by Crippen LogP contribution is 2.14. The van der Waals surface area contributed by atoms with Crippen molar-refractivity contribution < 1.29 is 23.1 Å². The van der Waals surface area contributed by atoms with Crippen molar-refractivity contribution >= 4 is 5.91 Å². The fourth-order valence-corrected chi connectivity index (χ4v) is 1.64. The Hall–Kier alpha value is -0.820. The second kappa shape index (κ2) is 5.49. The van der Waals surface area contributed by atoms with E-state index in [2.05, 4.69) is 0 Å². The van der Waals surface area contributed by atoms with E-state index >= 15 is 0 Å². The number of nitrogens with one attached hydrogen (secondary N) is 1. The number of rotatable bonds is 4. The number of β-amino-alcohol motifs (C(OH)–C–C–N with tert-alkyl or cyclic N) is 1. The lowest BCUT2D eigenvalue weighted by molar-refractivity contribution is -0.174. The molecule has 2 N–H and O–H groups in total. The topological polar surface area (TPSA) is 52.6 Å². The van der Waals surface area contributed by atoms with Gasteiger partial charge in [-0.1, -0.05) is 0 Å². The first-order valence-electron chi connectivity index (χ1n) is 5.15. The molecule has 0 spiro atoms. The summed E-state index contributed by atoms with van der Waals surface area (Å²) < 4.78 is 35.4. The van der Waals surface area contributed by atoms with E-state index in [0.29, 0.717) is 6.54 Å². The Morgan fingerprint density at radius 2 is 1.94 bits per heavy atom. The highest BCUT2D eigenvalue weighted by atomic mass is 19.4. The van der Waals surface area contributed by atoms with E-state index in [1.54, 1.807) is 5.32 Å². The molecule has 1 rings (SSSR count). The first kappa shape index (κ1) is 13.2. The second-order valence-corrected chi connectivity index (χ2v) is 3.87. The fourth-order valence-electron chi connectivity index (χ4n) is 1.64. The maximum atomic E-state index is 11.8. The van der Waals surface area contributed by atoms with Crippen LogP contribution in [0.25, 0.3) is 0 Å². The third-order valence-corrected chi connectivity index (χ3v) is 2.42. The first-order chi connectivity index (χ1) is 7.39. The smallest absolute Gasteiger partial charge is 0.390 e. The molecule has 1 aliphatic heterocycles. The molecule has 94 valence electrons. The number of alkyl halides is 3. The number of aliphatic hydroxyl groups is 1. The molecule has 1 fully saturated rings. The molecular formula is C9H15F3N2O2. The van der Waals surface area contributed by atoms with E-state index in [4.69, 9.17) is 0 Å². The first-order valence-corrected chi connectivity index (χ1v) is 5.15. The Balaban J connectivity index is 2.19. The van der Waals surface area contributed by atoms with Gasteiger partial charge in [0, 0.05) is 13.1 Å². The minimum atomic E-state index is -4.88. The predicted octanol–water partition coefficient (Wildman–Crippen LogP) is 0.122. The number of carbonyl (C=O) groups excluding carboxylic acids is 1. The number of hydrogen-bond donors (Lipinski definition) is 2. The summed E-state index contributed by atoms with van der Waals surface area (Å²) in [6.07, 6.45) is -3.75. The molecule has 1 aliphatic rings.